The van der Waals surface area contributed by atoms with E-state index in [2.05, 4.69) is 20.6 Å². The van der Waals surface area contributed by atoms with Crippen LogP contribution in [0.3, 0.4) is 0 Å². The first-order chi connectivity index (χ1) is 18.9. The zero-order valence-electron chi connectivity index (χ0n) is 22.4. The summed E-state index contributed by atoms with van der Waals surface area (Å²) >= 11 is 0. The fourth-order valence-corrected chi connectivity index (χ4v) is 8.13. The summed E-state index contributed by atoms with van der Waals surface area (Å²) in [5.74, 6) is 3.71. The third kappa shape index (κ3) is 4.73. The van der Waals surface area contributed by atoms with Gasteiger partial charge < -0.3 is 21.4 Å². The molecule has 8 nitrogen and oxygen atoms in total. The minimum absolute atomic E-state index is 0.0366. The highest BCUT2D eigenvalue weighted by Gasteiger charge is 2.55. The molecule has 4 aliphatic carbocycles. The number of benzene rings is 1. The fourth-order valence-electron chi connectivity index (χ4n) is 8.13. The van der Waals surface area contributed by atoms with Crippen molar-refractivity contribution in [2.45, 2.75) is 76.7 Å². The van der Waals surface area contributed by atoms with Crippen LogP contribution >= 0.6 is 0 Å². The number of nitrogens with one attached hydrogen (secondary N) is 3. The lowest BCUT2D eigenvalue weighted by Crippen LogP contribution is -2.38. The van der Waals surface area contributed by atoms with Gasteiger partial charge in [0, 0.05) is 29.3 Å². The number of carbonyl (C=O) groups is 2. The molecule has 4 aliphatic rings. The number of aromatic amines is 1. The molecule has 2 aromatic heterocycles. The van der Waals surface area contributed by atoms with E-state index in [9.17, 15) is 9.59 Å². The first-order valence-corrected chi connectivity index (χ1v) is 14.8. The molecule has 3 aromatic rings. The number of rotatable bonds is 5. The van der Waals surface area contributed by atoms with Crippen molar-refractivity contribution in [3.05, 3.63) is 36.5 Å². The number of nitrogens with zero attached hydrogens (tertiary/aromatic N) is 2. The number of hydrogen-bond acceptors (Lipinski definition) is 5. The maximum Gasteiger partial charge on any atom is 0.231 e. The van der Waals surface area contributed by atoms with Gasteiger partial charge in [0.1, 0.15) is 11.6 Å². The molecule has 4 saturated carbocycles. The molecular formula is C31H38N6O2. The van der Waals surface area contributed by atoms with Crippen LogP contribution in [-0.2, 0) is 9.59 Å². The third-order valence-electron chi connectivity index (χ3n) is 10.1. The smallest absolute Gasteiger partial charge is 0.231 e. The van der Waals surface area contributed by atoms with Crippen molar-refractivity contribution in [2.75, 3.05) is 10.6 Å². The Morgan fingerprint density at radius 3 is 2.56 bits per heavy atom. The molecule has 4 atom stereocenters. The van der Waals surface area contributed by atoms with Crippen LogP contribution in [0, 0.1) is 29.1 Å². The van der Waals surface area contributed by atoms with Crippen LogP contribution in [0.15, 0.2) is 36.5 Å². The Labute approximate surface area is 228 Å². The molecular weight excluding hydrogens is 488 g/mol. The summed E-state index contributed by atoms with van der Waals surface area (Å²) in [6.07, 6.45) is 13.6. The summed E-state index contributed by atoms with van der Waals surface area (Å²) in [7, 11) is 0. The van der Waals surface area contributed by atoms with Crippen LogP contribution in [0.25, 0.3) is 22.4 Å². The molecule has 1 aromatic carbocycles. The molecule has 2 heterocycles. The Balaban J connectivity index is 1.03. The molecule has 5 N–H and O–H groups in total. The number of hydrogen-bond donors (Lipinski definition) is 4. The van der Waals surface area contributed by atoms with E-state index in [1.165, 1.54) is 25.7 Å². The van der Waals surface area contributed by atoms with Gasteiger partial charge in [0.25, 0.3) is 0 Å². The Hall–Kier alpha value is -3.26. The Morgan fingerprint density at radius 2 is 1.74 bits per heavy atom. The number of aromatic nitrogens is 3. The van der Waals surface area contributed by atoms with Gasteiger partial charge in [-0.05, 0) is 93.4 Å². The van der Waals surface area contributed by atoms with Crippen LogP contribution in [-0.4, -0.2) is 32.8 Å². The lowest BCUT2D eigenvalue weighted by molar-refractivity contribution is -0.127. The van der Waals surface area contributed by atoms with Gasteiger partial charge in [0.05, 0.1) is 22.6 Å². The quantitative estimate of drug-likeness (QED) is 0.343. The van der Waals surface area contributed by atoms with Crippen molar-refractivity contribution in [3.8, 4) is 11.4 Å². The first kappa shape index (κ1) is 24.8. The molecule has 204 valence electrons. The van der Waals surface area contributed by atoms with E-state index >= 15 is 0 Å². The maximum atomic E-state index is 13.5. The minimum atomic E-state index is -0.215. The highest BCUT2D eigenvalue weighted by molar-refractivity contribution is 5.96. The summed E-state index contributed by atoms with van der Waals surface area (Å²) in [5.41, 5.74) is 9.05. The lowest BCUT2D eigenvalue weighted by Gasteiger charge is -2.36. The Morgan fingerprint density at radius 1 is 0.949 bits per heavy atom. The van der Waals surface area contributed by atoms with E-state index in [1.54, 1.807) is 6.20 Å². The predicted molar refractivity (Wildman–Crippen MR) is 152 cm³/mol. The monoisotopic (exact) mass is 526 g/mol. The Kier molecular flexibility index (Phi) is 6.18. The molecule has 0 radical (unpaired) electrons. The molecule has 3 bridgehead atoms. The number of fused-ring (bicyclic) bond motifs is 3. The lowest BCUT2D eigenvalue weighted by atomic mass is 9.69. The van der Waals surface area contributed by atoms with E-state index in [0.717, 1.165) is 84.9 Å². The standard InChI is InChI=1S/C31H38N6O2/c32-23-8-4-20(5-9-23)29(38)34-24-10-6-19(7-11-24)28-35-25-13-27(33-17-26(25)36-28)37-30(39)31-14-18-2-1-3-21(15-31)22(12-18)16-31/h6-7,10-11,13,17-18,20-23H,1-5,8-9,12,14-16,32H2,(H,34,38)(H,35,36)(H,33,37,39). The van der Waals surface area contributed by atoms with E-state index in [0.29, 0.717) is 11.7 Å². The topological polar surface area (TPSA) is 126 Å². The van der Waals surface area contributed by atoms with Gasteiger partial charge in [-0.15, -0.1) is 0 Å². The summed E-state index contributed by atoms with van der Waals surface area (Å²) in [6.45, 7) is 0. The molecule has 7 rings (SSSR count). The van der Waals surface area contributed by atoms with Crippen LogP contribution in [0.5, 0.6) is 0 Å². The van der Waals surface area contributed by atoms with E-state index < -0.39 is 0 Å². The number of nitrogens with two attached hydrogens (primary N) is 1. The first-order valence-electron chi connectivity index (χ1n) is 14.8. The van der Waals surface area contributed by atoms with Crippen LogP contribution in [0.4, 0.5) is 11.5 Å². The van der Waals surface area contributed by atoms with Gasteiger partial charge in [0.2, 0.25) is 11.8 Å². The average Bonchev–Trinajstić information content (AvgIpc) is 3.42. The van der Waals surface area contributed by atoms with Crippen LogP contribution in [0.1, 0.15) is 70.6 Å². The number of H-pyrrole nitrogens is 1. The van der Waals surface area contributed by atoms with Crippen molar-refractivity contribution in [3.63, 3.8) is 0 Å². The SMILES string of the molecule is NC1CCC(C(=O)Nc2ccc(-c3nc4cc(NC(=O)C56CC7CCCC(C5)C(C7)C6)ncc4[nH]3)cc2)CC1. The van der Waals surface area contributed by atoms with Crippen molar-refractivity contribution in [2.24, 2.45) is 34.8 Å². The number of carbonyl (C=O) groups excluding carboxylic acids is 2. The number of pyridine rings is 1. The molecule has 4 unspecified atom stereocenters. The summed E-state index contributed by atoms with van der Waals surface area (Å²) < 4.78 is 0. The molecule has 4 fully saturated rings. The van der Waals surface area contributed by atoms with Crippen molar-refractivity contribution in [1.29, 1.82) is 0 Å². The van der Waals surface area contributed by atoms with Crippen molar-refractivity contribution < 1.29 is 9.59 Å². The summed E-state index contributed by atoms with van der Waals surface area (Å²) in [4.78, 5) is 38.8. The zero-order valence-corrected chi connectivity index (χ0v) is 22.4. The molecule has 0 saturated heterocycles. The van der Waals surface area contributed by atoms with Gasteiger partial charge in [-0.25, -0.2) is 9.97 Å². The van der Waals surface area contributed by atoms with E-state index in [4.69, 9.17) is 10.7 Å². The Bertz CT molecular complexity index is 1390. The largest absolute Gasteiger partial charge is 0.337 e. The van der Waals surface area contributed by atoms with E-state index in [1.807, 2.05) is 30.3 Å². The van der Waals surface area contributed by atoms with Gasteiger partial charge >= 0.3 is 0 Å². The molecule has 2 amide bonds. The number of imidazole rings is 1. The number of anilines is 2. The second-order valence-corrected chi connectivity index (χ2v) is 12.8. The van der Waals surface area contributed by atoms with E-state index in [-0.39, 0.29) is 29.2 Å². The van der Waals surface area contributed by atoms with Gasteiger partial charge in [0.15, 0.2) is 0 Å². The molecule has 0 spiro atoms. The zero-order chi connectivity index (χ0) is 26.6. The maximum absolute atomic E-state index is 13.5. The molecule has 8 heteroatoms. The fraction of sp³-hybridized carbons (Fsp3) is 0.548. The normalized spacial score (nSPS) is 31.7. The van der Waals surface area contributed by atoms with Crippen LogP contribution in [0.2, 0.25) is 0 Å². The number of amides is 2. The van der Waals surface area contributed by atoms with Crippen molar-refractivity contribution in [1.82, 2.24) is 15.0 Å². The second-order valence-electron chi connectivity index (χ2n) is 12.8. The van der Waals surface area contributed by atoms with Crippen molar-refractivity contribution >= 4 is 34.4 Å². The highest BCUT2D eigenvalue weighted by Crippen LogP contribution is 2.60. The average molecular weight is 527 g/mol. The summed E-state index contributed by atoms with van der Waals surface area (Å²) in [6, 6.07) is 9.82. The highest BCUT2D eigenvalue weighted by atomic mass is 16.2. The molecule has 39 heavy (non-hydrogen) atoms. The van der Waals surface area contributed by atoms with Crippen LogP contribution < -0.4 is 16.4 Å². The third-order valence-corrected chi connectivity index (χ3v) is 10.1. The van der Waals surface area contributed by atoms with Gasteiger partial charge in [-0.3, -0.25) is 9.59 Å². The van der Waals surface area contributed by atoms with Gasteiger partial charge in [-0.2, -0.15) is 0 Å². The van der Waals surface area contributed by atoms with Gasteiger partial charge in [-0.1, -0.05) is 19.3 Å². The predicted octanol–water partition coefficient (Wildman–Crippen LogP) is 5.63. The second kappa shape index (κ2) is 9.73. The summed E-state index contributed by atoms with van der Waals surface area (Å²) in [5, 5.41) is 6.21. The minimum Gasteiger partial charge on any atom is -0.337 e. The molecule has 0 aliphatic heterocycles.